The predicted molar refractivity (Wildman–Crippen MR) is 60.9 cm³/mol. The van der Waals surface area contributed by atoms with Crippen LogP contribution in [0.1, 0.15) is 47.0 Å². The summed E-state index contributed by atoms with van der Waals surface area (Å²) in [5.74, 6) is 0.818. The second-order valence-electron chi connectivity index (χ2n) is 4.49. The third-order valence-electron chi connectivity index (χ3n) is 2.15. The van der Waals surface area contributed by atoms with E-state index in [9.17, 15) is 4.79 Å². The summed E-state index contributed by atoms with van der Waals surface area (Å²) in [6.07, 6.45) is 2.40. The molecule has 83 valence electrons. The van der Waals surface area contributed by atoms with Gasteiger partial charge in [0.2, 0.25) is 5.91 Å². The van der Waals surface area contributed by atoms with Crippen LogP contribution in [0.25, 0.3) is 0 Å². The predicted octanol–water partition coefficient (Wildman–Crippen LogP) is 2.88. The third kappa shape index (κ3) is 5.25. The molecule has 14 heavy (non-hydrogen) atoms. The lowest BCUT2D eigenvalue weighted by Crippen LogP contribution is -2.39. The summed E-state index contributed by atoms with van der Waals surface area (Å²) < 4.78 is 0. The molecule has 0 fully saturated rings. The molecule has 0 aliphatic carbocycles. The van der Waals surface area contributed by atoms with Gasteiger partial charge >= 0.3 is 0 Å². The van der Waals surface area contributed by atoms with Gasteiger partial charge in [-0.05, 0) is 26.2 Å². The largest absolute Gasteiger partial charge is 0.340 e. The van der Waals surface area contributed by atoms with Gasteiger partial charge in [0, 0.05) is 19.0 Å². The highest BCUT2D eigenvalue weighted by Gasteiger charge is 2.16. The molecule has 0 rings (SSSR count). The molecule has 0 atom stereocenters. The average Bonchev–Trinajstić information content (AvgIpc) is 2.09. The summed E-state index contributed by atoms with van der Waals surface area (Å²) >= 11 is 0. The van der Waals surface area contributed by atoms with Crippen molar-refractivity contribution >= 4 is 5.91 Å². The molecule has 0 aliphatic rings. The Morgan fingerprint density at radius 2 is 1.86 bits per heavy atom. The highest BCUT2D eigenvalue weighted by atomic mass is 16.2. The molecule has 0 aromatic heterocycles. The molecule has 0 aromatic carbocycles. The Morgan fingerprint density at radius 3 is 2.21 bits per heavy atom. The molecule has 0 aromatic rings. The molecular formula is C12H24NO. The molecule has 0 bridgehead atoms. The second-order valence-corrected chi connectivity index (χ2v) is 4.49. The summed E-state index contributed by atoms with van der Waals surface area (Å²) in [7, 11) is 0. The van der Waals surface area contributed by atoms with Crippen molar-refractivity contribution < 1.29 is 4.79 Å². The molecule has 0 saturated carbocycles. The zero-order chi connectivity index (χ0) is 11.1. The van der Waals surface area contributed by atoms with Gasteiger partial charge in [-0.2, -0.15) is 0 Å². The fourth-order valence-corrected chi connectivity index (χ4v) is 1.41. The van der Waals surface area contributed by atoms with Crippen LogP contribution in [-0.4, -0.2) is 23.4 Å². The number of hydrogen-bond donors (Lipinski definition) is 0. The van der Waals surface area contributed by atoms with E-state index in [0.717, 1.165) is 19.4 Å². The lowest BCUT2D eigenvalue weighted by Gasteiger charge is -2.28. The number of amides is 1. The molecule has 0 aliphatic heterocycles. The quantitative estimate of drug-likeness (QED) is 0.642. The number of hydrogen-bond acceptors (Lipinski definition) is 1. The van der Waals surface area contributed by atoms with E-state index < -0.39 is 0 Å². The molecule has 1 radical (unpaired) electrons. The van der Waals surface area contributed by atoms with Gasteiger partial charge in [-0.3, -0.25) is 4.79 Å². The van der Waals surface area contributed by atoms with Gasteiger partial charge in [-0.15, -0.1) is 0 Å². The van der Waals surface area contributed by atoms with Crippen LogP contribution in [0.15, 0.2) is 0 Å². The Balaban J connectivity index is 4.12. The van der Waals surface area contributed by atoms with Crippen molar-refractivity contribution in [1.82, 2.24) is 4.90 Å². The third-order valence-corrected chi connectivity index (χ3v) is 2.15. The highest BCUT2D eigenvalue weighted by molar-refractivity contribution is 5.76. The Hall–Kier alpha value is -0.530. The van der Waals surface area contributed by atoms with Crippen molar-refractivity contribution in [2.45, 2.75) is 53.0 Å². The van der Waals surface area contributed by atoms with Gasteiger partial charge in [0.05, 0.1) is 0 Å². The van der Waals surface area contributed by atoms with Gasteiger partial charge in [0.15, 0.2) is 0 Å². The lowest BCUT2D eigenvalue weighted by molar-refractivity contribution is -0.133. The molecule has 0 spiro atoms. The van der Waals surface area contributed by atoms with Crippen LogP contribution in [0.2, 0.25) is 0 Å². The first-order valence-electron chi connectivity index (χ1n) is 5.57. The summed E-state index contributed by atoms with van der Waals surface area (Å²) in [6, 6.07) is 0.315. The molecule has 0 saturated heterocycles. The summed E-state index contributed by atoms with van der Waals surface area (Å²) in [6.45, 7) is 13.1. The molecule has 0 unspecified atom stereocenters. The van der Waals surface area contributed by atoms with E-state index in [1.165, 1.54) is 0 Å². The molecule has 2 nitrogen and oxygen atoms in total. The Labute approximate surface area is 88.7 Å². The van der Waals surface area contributed by atoms with Crippen molar-refractivity contribution in [3.8, 4) is 0 Å². The zero-order valence-electron chi connectivity index (χ0n) is 10.0. The van der Waals surface area contributed by atoms with E-state index in [1.807, 2.05) is 4.90 Å². The van der Waals surface area contributed by atoms with E-state index in [-0.39, 0.29) is 5.91 Å². The summed E-state index contributed by atoms with van der Waals surface area (Å²) in [5, 5.41) is 0. The van der Waals surface area contributed by atoms with Crippen molar-refractivity contribution in [3.63, 3.8) is 0 Å². The Morgan fingerprint density at radius 1 is 1.29 bits per heavy atom. The first-order chi connectivity index (χ1) is 6.49. The van der Waals surface area contributed by atoms with Gasteiger partial charge in [-0.25, -0.2) is 0 Å². The molecule has 0 heterocycles. The molecule has 0 N–H and O–H groups in total. The number of unbranched alkanes of at least 4 members (excludes halogenated alkanes) is 1. The van der Waals surface area contributed by atoms with E-state index in [4.69, 9.17) is 0 Å². The first kappa shape index (κ1) is 13.5. The van der Waals surface area contributed by atoms with E-state index in [2.05, 4.69) is 34.6 Å². The van der Waals surface area contributed by atoms with Crippen LogP contribution < -0.4 is 0 Å². The second kappa shape index (κ2) is 6.86. The maximum Gasteiger partial charge on any atom is 0.222 e. The minimum atomic E-state index is 0.275. The first-order valence-corrected chi connectivity index (χ1v) is 5.57. The van der Waals surface area contributed by atoms with Gasteiger partial charge in [0.25, 0.3) is 0 Å². The normalized spacial score (nSPS) is 11.1. The highest BCUT2D eigenvalue weighted by Crippen LogP contribution is 2.08. The van der Waals surface area contributed by atoms with Crippen molar-refractivity contribution in [1.29, 1.82) is 0 Å². The smallest absolute Gasteiger partial charge is 0.222 e. The monoisotopic (exact) mass is 198 g/mol. The molecule has 1 amide bonds. The number of carbonyl (C=O) groups is 1. The van der Waals surface area contributed by atoms with Crippen LogP contribution in [0.3, 0.4) is 0 Å². The van der Waals surface area contributed by atoms with Gasteiger partial charge in [-0.1, -0.05) is 27.2 Å². The fourth-order valence-electron chi connectivity index (χ4n) is 1.41. The summed E-state index contributed by atoms with van der Waals surface area (Å²) in [5.41, 5.74) is 0. The molecule has 2 heteroatoms. The average molecular weight is 198 g/mol. The van der Waals surface area contributed by atoms with E-state index in [0.29, 0.717) is 18.4 Å². The van der Waals surface area contributed by atoms with E-state index in [1.54, 1.807) is 0 Å². The van der Waals surface area contributed by atoms with Crippen LogP contribution >= 0.6 is 0 Å². The van der Waals surface area contributed by atoms with Crippen molar-refractivity contribution in [3.05, 3.63) is 6.92 Å². The fraction of sp³-hybridized carbons (Fsp3) is 0.833. The SMILES string of the molecule is [CH2]CCCC(=O)N(CC(C)C)C(C)C. The Bertz CT molecular complexity index is 164. The lowest BCUT2D eigenvalue weighted by atomic mass is 10.1. The minimum absolute atomic E-state index is 0.275. The standard InChI is InChI=1S/C12H24NO/c1-6-7-8-12(14)13(11(4)5)9-10(2)3/h10-11H,1,6-9H2,2-5H3. The number of carbonyl (C=O) groups excluding carboxylic acids is 1. The van der Waals surface area contributed by atoms with E-state index >= 15 is 0 Å². The number of nitrogens with zero attached hydrogens (tertiary/aromatic N) is 1. The van der Waals surface area contributed by atoms with Crippen LogP contribution in [0.4, 0.5) is 0 Å². The summed E-state index contributed by atoms with van der Waals surface area (Å²) in [4.78, 5) is 13.7. The van der Waals surface area contributed by atoms with Crippen LogP contribution in [0, 0.1) is 12.8 Å². The van der Waals surface area contributed by atoms with Crippen molar-refractivity contribution in [2.75, 3.05) is 6.54 Å². The van der Waals surface area contributed by atoms with Crippen LogP contribution in [-0.2, 0) is 4.79 Å². The maximum absolute atomic E-state index is 11.8. The van der Waals surface area contributed by atoms with Gasteiger partial charge in [0.1, 0.15) is 0 Å². The number of rotatable bonds is 6. The van der Waals surface area contributed by atoms with Gasteiger partial charge < -0.3 is 4.90 Å². The topological polar surface area (TPSA) is 20.3 Å². The van der Waals surface area contributed by atoms with Crippen LogP contribution in [0.5, 0.6) is 0 Å². The Kier molecular flexibility index (Phi) is 6.60. The van der Waals surface area contributed by atoms with Crippen molar-refractivity contribution in [2.24, 2.45) is 5.92 Å². The zero-order valence-corrected chi connectivity index (χ0v) is 10.0. The maximum atomic E-state index is 11.8. The molecular weight excluding hydrogens is 174 g/mol. The minimum Gasteiger partial charge on any atom is -0.340 e.